The van der Waals surface area contributed by atoms with Gasteiger partial charge in [0.05, 0.1) is 89.4 Å². The van der Waals surface area contributed by atoms with Crippen molar-refractivity contribution in [3.8, 4) is 66.8 Å². The molecule has 0 aliphatic carbocycles. The smallest absolute Gasteiger partial charge is 0.337 e. The Morgan fingerprint density at radius 2 is 0.554 bits per heavy atom. The van der Waals surface area contributed by atoms with Crippen LogP contribution < -0.4 is 0 Å². The van der Waals surface area contributed by atoms with Crippen LogP contribution in [0.4, 0.5) is 0 Å². The van der Waals surface area contributed by atoms with Crippen molar-refractivity contribution < 1.29 is 29.3 Å². The number of hydrogen-bond acceptors (Lipinski definition) is 8. The molecule has 18 heteroatoms. The van der Waals surface area contributed by atoms with Crippen LogP contribution in [-0.4, -0.2) is 75.1 Å². The van der Waals surface area contributed by atoms with E-state index in [1.165, 1.54) is 7.11 Å². The molecule has 4 aliphatic rings. The van der Waals surface area contributed by atoms with E-state index in [1.807, 2.05) is 153 Å². The highest BCUT2D eigenvalue weighted by Crippen LogP contribution is 2.45. The predicted octanol–water partition coefficient (Wildman–Crippen LogP) is 22.0. The lowest BCUT2D eigenvalue weighted by Crippen LogP contribution is -2.00. The summed E-state index contributed by atoms with van der Waals surface area (Å²) in [5.74, 6) is -2.37. The Labute approximate surface area is 598 Å². The number of carbonyl (C=O) groups is 3. The molecular weight excluding hydrogens is 1350 g/mol. The monoisotopic (exact) mass is 1400 g/mol. The highest BCUT2D eigenvalue weighted by atomic mass is 35.5. The molecule has 6 aromatic heterocycles. The van der Waals surface area contributed by atoms with E-state index < -0.39 is 11.9 Å². The highest BCUT2D eigenvalue weighted by Gasteiger charge is 2.24. The molecule has 16 rings (SSSR count). The van der Waals surface area contributed by atoms with Gasteiger partial charge in [0.15, 0.2) is 0 Å². The molecule has 0 spiro atoms. The number of carboxylic acid groups (broad SMARTS) is 2. The molecule has 6 N–H and O–H groups in total. The number of halogens is 4. The van der Waals surface area contributed by atoms with Gasteiger partial charge in [-0.05, 0) is 212 Å². The Bertz CT molecular complexity index is 5940. The normalized spacial score (nSPS) is 12.0. The highest BCUT2D eigenvalue weighted by molar-refractivity contribution is 6.40. The number of ether oxygens (including phenoxy) is 1. The van der Waals surface area contributed by atoms with Crippen LogP contribution in [0.15, 0.2) is 182 Å². The number of methoxy groups -OCH3 is 1. The quantitative estimate of drug-likeness (QED) is 0.0752. The van der Waals surface area contributed by atoms with Crippen LogP contribution in [0, 0.1) is 20.8 Å². The van der Waals surface area contributed by atoms with E-state index >= 15 is 0 Å². The van der Waals surface area contributed by atoms with Crippen LogP contribution in [0.3, 0.4) is 0 Å². The number of nitrogens with one attached hydrogen (secondary N) is 4. The number of carbonyl (C=O) groups excluding carboxylic acids is 1. The van der Waals surface area contributed by atoms with Gasteiger partial charge < -0.3 is 34.9 Å². The zero-order valence-corrected chi connectivity index (χ0v) is 57.3. The molecule has 0 saturated carbocycles. The molecule has 4 aliphatic heterocycles. The standard InChI is InChI=1S/C46H28Cl4N4O2.C37H28N4O4/c1-24-8-10-25(11-9-24)40-32-16-17-33(51-32)41(26-12-14-27(15-13-26)46(55)56)35-19-21-37(53-35)45(43-30(49)6-3-7-31(43)50)39-23-22-38(54-39)44(36-20-18-34(40)52-36)42-28(47)4-2-5-29(42)48;1-20-26-12-16-30(38-26)34(22-4-8-24(9-5-22)36(42)43)31-17-13-27(39-31)21(2)29-15-19-33(41-29)35(32-18-14-28(20)40-32)23-6-10-25(11-7-23)37(44)45-3/h2-23,51,54H,1H3,(H,55,56);4-19,38,41H,1-3H3,(H,42,43). The molecule has 14 nitrogen and oxygen atoms in total. The molecule has 10 heterocycles. The third-order valence-corrected chi connectivity index (χ3v) is 19.5. The topological polar surface area (TPSA) is 216 Å². The average molecular weight is 1400 g/mol. The Morgan fingerprint density at radius 3 is 0.861 bits per heavy atom. The third kappa shape index (κ3) is 12.3. The summed E-state index contributed by atoms with van der Waals surface area (Å²) in [6.45, 7) is 6.11. The van der Waals surface area contributed by atoms with Crippen molar-refractivity contribution in [2.24, 2.45) is 0 Å². The molecule has 16 bridgehead atoms. The first-order valence-corrected chi connectivity index (χ1v) is 33.5. The van der Waals surface area contributed by atoms with E-state index in [9.17, 15) is 24.6 Å². The van der Waals surface area contributed by atoms with Crippen molar-refractivity contribution in [1.29, 1.82) is 0 Å². The fourth-order valence-corrected chi connectivity index (χ4v) is 14.3. The van der Waals surface area contributed by atoms with E-state index in [0.29, 0.717) is 76.0 Å². The lowest BCUT2D eigenvalue weighted by Gasteiger charge is -2.10. The Hall–Kier alpha value is -11.9. The number of aromatic amines is 4. The van der Waals surface area contributed by atoms with Crippen LogP contribution in [0.5, 0.6) is 0 Å². The third-order valence-electron chi connectivity index (χ3n) is 18.2. The Kier molecular flexibility index (Phi) is 17.2. The second-order valence-electron chi connectivity index (χ2n) is 24.4. The summed E-state index contributed by atoms with van der Waals surface area (Å²) in [6.07, 6.45) is 15.9. The number of esters is 1. The van der Waals surface area contributed by atoms with Crippen LogP contribution in [0.25, 0.3) is 160 Å². The lowest BCUT2D eigenvalue weighted by atomic mass is 10.0. The summed E-state index contributed by atoms with van der Waals surface area (Å²) < 4.78 is 4.89. The van der Waals surface area contributed by atoms with Crippen LogP contribution in [-0.2, 0) is 4.74 Å². The largest absolute Gasteiger partial charge is 0.478 e. The predicted molar refractivity (Wildman–Crippen MR) is 410 cm³/mol. The second kappa shape index (κ2) is 26.7. The van der Waals surface area contributed by atoms with E-state index in [1.54, 1.807) is 66.7 Å². The minimum Gasteiger partial charge on any atom is -0.478 e. The van der Waals surface area contributed by atoms with Crippen LogP contribution in [0.2, 0.25) is 20.1 Å². The van der Waals surface area contributed by atoms with Gasteiger partial charge in [0.25, 0.3) is 0 Å². The number of H-pyrrole nitrogens is 4. The number of nitrogens with zero attached hydrogens (tertiary/aromatic N) is 4. The first kappa shape index (κ1) is 65.1. The zero-order chi connectivity index (χ0) is 69.9. The van der Waals surface area contributed by atoms with Gasteiger partial charge in [-0.3, -0.25) is 0 Å². The number of benzene rings is 6. The van der Waals surface area contributed by atoms with Crippen molar-refractivity contribution in [2.75, 3.05) is 7.11 Å². The van der Waals surface area contributed by atoms with Gasteiger partial charge in [-0.25, -0.2) is 34.3 Å². The van der Waals surface area contributed by atoms with Gasteiger partial charge in [0, 0.05) is 88.6 Å². The minimum atomic E-state index is -1.01. The van der Waals surface area contributed by atoms with Crippen molar-refractivity contribution >= 4 is 157 Å². The number of aromatic carboxylic acids is 2. The molecular formula is C83H56Cl4N8O6. The molecule has 0 amide bonds. The van der Waals surface area contributed by atoms with E-state index in [-0.39, 0.29) is 17.1 Å². The van der Waals surface area contributed by atoms with Gasteiger partial charge in [0.1, 0.15) is 0 Å². The maximum Gasteiger partial charge on any atom is 0.337 e. The molecule has 101 heavy (non-hydrogen) atoms. The lowest BCUT2D eigenvalue weighted by molar-refractivity contribution is 0.0599. The Balaban J connectivity index is 0.000000168. The zero-order valence-electron chi connectivity index (χ0n) is 54.3. The average Bonchev–Trinajstić information content (AvgIpc) is 1.63. The van der Waals surface area contributed by atoms with Gasteiger partial charge in [-0.1, -0.05) is 125 Å². The maximum atomic E-state index is 12.1. The second-order valence-corrected chi connectivity index (χ2v) is 26.0. The van der Waals surface area contributed by atoms with Crippen molar-refractivity contribution in [3.63, 3.8) is 0 Å². The molecule has 0 fully saturated rings. The summed E-state index contributed by atoms with van der Waals surface area (Å²) in [6, 6.07) is 56.2. The molecule has 0 atom stereocenters. The maximum absolute atomic E-state index is 12.1. The first-order chi connectivity index (χ1) is 48.9. The van der Waals surface area contributed by atoms with Crippen LogP contribution in [0.1, 0.15) is 93.3 Å². The molecule has 492 valence electrons. The van der Waals surface area contributed by atoms with E-state index in [0.717, 1.165) is 123 Å². The summed E-state index contributed by atoms with van der Waals surface area (Å²) in [5, 5.41) is 21.0. The van der Waals surface area contributed by atoms with Crippen LogP contribution >= 0.6 is 46.4 Å². The number of hydrogen-bond donors (Lipinski definition) is 6. The fourth-order valence-electron chi connectivity index (χ4n) is 13.1. The fraction of sp³-hybridized carbons (Fsp3) is 0.0482. The first-order valence-electron chi connectivity index (χ1n) is 32.0. The molecule has 6 aromatic carbocycles. The molecule has 0 unspecified atom stereocenters. The minimum absolute atomic E-state index is 0.180. The van der Waals surface area contributed by atoms with Gasteiger partial charge in [0.2, 0.25) is 0 Å². The van der Waals surface area contributed by atoms with Gasteiger partial charge in [-0.15, -0.1) is 0 Å². The SMILES string of the molecule is COC(=O)c1ccc(-c2c3nc(c(C)c4ccc([nH]4)c(-c4ccc(C(=O)O)cc4)c4nc(c(C)c5ccc2[nH]5)C=C4)C=C3)cc1.Cc1ccc(-c2c3nc(c(-c4c(Cl)cccc4Cl)c4ccc([nH]4)c(-c4c(Cl)cccc4Cl)c4nc(c(-c5ccc(C(=O)O)cc5)c5ccc2[nH]5)C=C4)C=C3)cc1. The number of aromatic nitrogens is 8. The number of aryl methyl sites for hydroxylation is 3. The summed E-state index contributed by atoms with van der Waals surface area (Å²) in [5.41, 5.74) is 25.9. The Morgan fingerprint density at radius 1 is 0.307 bits per heavy atom. The van der Waals surface area contributed by atoms with Crippen molar-refractivity contribution in [3.05, 3.63) is 281 Å². The number of fused-ring (bicyclic) bond motifs is 16. The van der Waals surface area contributed by atoms with Gasteiger partial charge in [-0.2, -0.15) is 0 Å². The van der Waals surface area contributed by atoms with Crippen molar-refractivity contribution in [1.82, 2.24) is 39.9 Å². The molecule has 12 aromatic rings. The van der Waals surface area contributed by atoms with E-state index in [4.69, 9.17) is 71.1 Å². The molecule has 0 radical (unpaired) electrons. The van der Waals surface area contributed by atoms with Gasteiger partial charge >= 0.3 is 17.9 Å². The number of rotatable bonds is 9. The summed E-state index contributed by atoms with van der Waals surface area (Å²) in [4.78, 5) is 70.6. The van der Waals surface area contributed by atoms with E-state index in [2.05, 4.69) is 51.1 Å². The molecule has 0 saturated heterocycles. The van der Waals surface area contributed by atoms with Crippen molar-refractivity contribution in [2.45, 2.75) is 20.8 Å². The number of carboxylic acids is 2. The summed E-state index contributed by atoms with van der Waals surface area (Å²) in [7, 11) is 1.37. The summed E-state index contributed by atoms with van der Waals surface area (Å²) >= 11 is 27.8.